The third-order valence-corrected chi connectivity index (χ3v) is 3.13. The van der Waals surface area contributed by atoms with Crippen LogP contribution in [0.25, 0.3) is 0 Å². The summed E-state index contributed by atoms with van der Waals surface area (Å²) < 4.78 is 12.0. The van der Waals surface area contributed by atoms with Gasteiger partial charge < -0.3 is 14.5 Å². The summed E-state index contributed by atoms with van der Waals surface area (Å²) >= 11 is 3.39. The first-order chi connectivity index (χ1) is 8.75. The highest BCUT2D eigenvalue weighted by atomic mass is 79.9. The lowest BCUT2D eigenvalue weighted by molar-refractivity contribution is 0.302. The largest absolute Gasteiger partial charge is 0.492 e. The first-order valence-electron chi connectivity index (χ1n) is 5.91. The minimum atomic E-state index is 0.202. The van der Waals surface area contributed by atoms with Gasteiger partial charge >= 0.3 is 0 Å². The molecular weight excluding hydrogens is 294 g/mol. The lowest BCUT2D eigenvalue weighted by Gasteiger charge is -2.12. The van der Waals surface area contributed by atoms with Gasteiger partial charge in [-0.15, -0.1) is 0 Å². The maximum absolute atomic E-state index is 5.61. The van der Waals surface area contributed by atoms with Crippen LogP contribution in [0.4, 0.5) is 0 Å². The maximum atomic E-state index is 5.61. The van der Waals surface area contributed by atoms with Crippen molar-refractivity contribution in [2.24, 2.45) is 0 Å². The van der Waals surface area contributed by atoms with Crippen LogP contribution < -0.4 is 10.1 Å². The van der Waals surface area contributed by atoms with Gasteiger partial charge in [-0.05, 0) is 43.3 Å². The van der Waals surface area contributed by atoms with E-state index in [1.807, 2.05) is 36.4 Å². The second kappa shape index (κ2) is 6.61. The van der Waals surface area contributed by atoms with Crippen molar-refractivity contribution >= 4 is 15.9 Å². The van der Waals surface area contributed by atoms with E-state index in [1.54, 1.807) is 6.26 Å². The van der Waals surface area contributed by atoms with E-state index in [9.17, 15) is 0 Å². The zero-order chi connectivity index (χ0) is 12.8. The van der Waals surface area contributed by atoms with E-state index in [0.29, 0.717) is 6.61 Å². The van der Waals surface area contributed by atoms with Crippen molar-refractivity contribution in [1.82, 2.24) is 5.32 Å². The van der Waals surface area contributed by atoms with Gasteiger partial charge in [0.1, 0.15) is 18.1 Å². The van der Waals surface area contributed by atoms with Crippen molar-refractivity contribution in [1.29, 1.82) is 0 Å². The number of benzene rings is 1. The van der Waals surface area contributed by atoms with Crippen molar-refractivity contribution in [3.8, 4) is 5.75 Å². The molecule has 1 N–H and O–H groups in total. The SMILES string of the molecule is C[C@@H](NCCOc1ccc(Br)cc1)c1ccco1. The summed E-state index contributed by atoms with van der Waals surface area (Å²) in [7, 11) is 0. The first kappa shape index (κ1) is 13.2. The summed E-state index contributed by atoms with van der Waals surface area (Å²) in [5, 5.41) is 3.34. The van der Waals surface area contributed by atoms with Gasteiger partial charge in [-0.25, -0.2) is 0 Å². The Balaban J connectivity index is 1.68. The molecule has 1 atom stereocenters. The maximum Gasteiger partial charge on any atom is 0.120 e. The molecule has 3 nitrogen and oxygen atoms in total. The molecular formula is C14H16BrNO2. The third kappa shape index (κ3) is 3.89. The number of nitrogens with one attached hydrogen (secondary N) is 1. The van der Waals surface area contributed by atoms with Crippen LogP contribution in [0.2, 0.25) is 0 Å². The molecule has 0 radical (unpaired) electrons. The Morgan fingerprint density at radius 1 is 1.28 bits per heavy atom. The highest BCUT2D eigenvalue weighted by molar-refractivity contribution is 9.10. The van der Waals surface area contributed by atoms with Gasteiger partial charge in [-0.3, -0.25) is 0 Å². The van der Waals surface area contributed by atoms with Crippen molar-refractivity contribution in [2.75, 3.05) is 13.2 Å². The van der Waals surface area contributed by atoms with E-state index < -0.39 is 0 Å². The van der Waals surface area contributed by atoms with Crippen molar-refractivity contribution in [2.45, 2.75) is 13.0 Å². The second-order valence-corrected chi connectivity index (χ2v) is 4.91. The fourth-order valence-corrected chi connectivity index (χ4v) is 1.88. The highest BCUT2D eigenvalue weighted by Crippen LogP contribution is 2.16. The molecule has 2 rings (SSSR count). The number of hydrogen-bond acceptors (Lipinski definition) is 3. The average Bonchev–Trinajstić information content (AvgIpc) is 2.90. The highest BCUT2D eigenvalue weighted by Gasteiger charge is 2.06. The fourth-order valence-electron chi connectivity index (χ4n) is 1.61. The zero-order valence-corrected chi connectivity index (χ0v) is 11.8. The van der Waals surface area contributed by atoms with E-state index in [0.717, 1.165) is 22.5 Å². The monoisotopic (exact) mass is 309 g/mol. The summed E-state index contributed by atoms with van der Waals surface area (Å²) in [6.07, 6.45) is 1.69. The Labute approximate surface area is 115 Å². The molecule has 1 aromatic carbocycles. The number of furan rings is 1. The molecule has 0 spiro atoms. The lowest BCUT2D eigenvalue weighted by Crippen LogP contribution is -2.24. The van der Waals surface area contributed by atoms with E-state index in [4.69, 9.17) is 9.15 Å². The Morgan fingerprint density at radius 3 is 2.72 bits per heavy atom. The lowest BCUT2D eigenvalue weighted by atomic mass is 10.2. The van der Waals surface area contributed by atoms with Crippen molar-refractivity contribution in [3.05, 3.63) is 52.9 Å². The van der Waals surface area contributed by atoms with Crippen LogP contribution in [0.1, 0.15) is 18.7 Å². The Hall–Kier alpha value is -1.26. The standard InChI is InChI=1S/C14H16BrNO2/c1-11(14-3-2-9-18-14)16-8-10-17-13-6-4-12(15)5-7-13/h2-7,9,11,16H,8,10H2,1H3/t11-/m1/s1. The number of ether oxygens (including phenoxy) is 1. The molecule has 1 aromatic heterocycles. The molecule has 0 unspecified atom stereocenters. The molecule has 0 saturated heterocycles. The number of hydrogen-bond donors (Lipinski definition) is 1. The van der Waals surface area contributed by atoms with Crippen LogP contribution in [-0.2, 0) is 0 Å². The quantitative estimate of drug-likeness (QED) is 0.825. The van der Waals surface area contributed by atoms with Crippen molar-refractivity contribution < 1.29 is 9.15 Å². The topological polar surface area (TPSA) is 34.4 Å². The fraction of sp³-hybridized carbons (Fsp3) is 0.286. The van der Waals surface area contributed by atoms with Crippen LogP contribution in [0, 0.1) is 0 Å². The number of halogens is 1. The second-order valence-electron chi connectivity index (χ2n) is 3.99. The minimum absolute atomic E-state index is 0.202. The molecule has 0 aliphatic heterocycles. The van der Waals surface area contributed by atoms with Gasteiger partial charge in [0.15, 0.2) is 0 Å². The predicted molar refractivity (Wildman–Crippen MR) is 74.8 cm³/mol. The van der Waals surface area contributed by atoms with E-state index >= 15 is 0 Å². The molecule has 96 valence electrons. The van der Waals surface area contributed by atoms with Gasteiger partial charge in [0.05, 0.1) is 12.3 Å². The summed E-state index contributed by atoms with van der Waals surface area (Å²) in [5.41, 5.74) is 0. The summed E-state index contributed by atoms with van der Waals surface area (Å²) in [4.78, 5) is 0. The minimum Gasteiger partial charge on any atom is -0.492 e. The van der Waals surface area contributed by atoms with Crippen LogP contribution >= 0.6 is 15.9 Å². The summed E-state index contributed by atoms with van der Waals surface area (Å²) in [5.74, 6) is 1.82. The van der Waals surface area contributed by atoms with Gasteiger partial charge in [0.25, 0.3) is 0 Å². The van der Waals surface area contributed by atoms with E-state index in [-0.39, 0.29) is 6.04 Å². The van der Waals surface area contributed by atoms with E-state index in [2.05, 4.69) is 28.2 Å². The van der Waals surface area contributed by atoms with E-state index in [1.165, 1.54) is 0 Å². The van der Waals surface area contributed by atoms with Gasteiger partial charge in [0, 0.05) is 11.0 Å². The molecule has 0 aliphatic rings. The zero-order valence-electron chi connectivity index (χ0n) is 10.2. The smallest absolute Gasteiger partial charge is 0.120 e. The molecule has 4 heteroatoms. The van der Waals surface area contributed by atoms with Crippen LogP contribution in [0.5, 0.6) is 5.75 Å². The first-order valence-corrected chi connectivity index (χ1v) is 6.70. The predicted octanol–water partition coefficient (Wildman–Crippen LogP) is 3.77. The molecule has 18 heavy (non-hydrogen) atoms. The molecule has 0 bridgehead atoms. The molecule has 2 aromatic rings. The van der Waals surface area contributed by atoms with Gasteiger partial charge in [-0.1, -0.05) is 15.9 Å². The normalized spacial score (nSPS) is 12.3. The molecule has 0 fully saturated rings. The van der Waals surface area contributed by atoms with Crippen LogP contribution in [-0.4, -0.2) is 13.2 Å². The Bertz CT molecular complexity index is 453. The molecule has 0 aliphatic carbocycles. The Kier molecular flexibility index (Phi) is 4.84. The third-order valence-electron chi connectivity index (χ3n) is 2.60. The summed E-state index contributed by atoms with van der Waals surface area (Å²) in [6.45, 7) is 3.48. The van der Waals surface area contributed by atoms with Gasteiger partial charge in [-0.2, -0.15) is 0 Å². The van der Waals surface area contributed by atoms with Crippen LogP contribution in [0.3, 0.4) is 0 Å². The summed E-state index contributed by atoms with van der Waals surface area (Å²) in [6, 6.07) is 11.9. The van der Waals surface area contributed by atoms with Crippen molar-refractivity contribution in [3.63, 3.8) is 0 Å². The molecule has 0 amide bonds. The Morgan fingerprint density at radius 2 is 2.06 bits per heavy atom. The molecule has 1 heterocycles. The average molecular weight is 310 g/mol. The molecule has 0 saturated carbocycles. The van der Waals surface area contributed by atoms with Crippen LogP contribution in [0.15, 0.2) is 51.6 Å². The van der Waals surface area contributed by atoms with Gasteiger partial charge in [0.2, 0.25) is 0 Å². The number of rotatable bonds is 6.